The van der Waals surface area contributed by atoms with Crippen molar-refractivity contribution in [2.45, 2.75) is 13.3 Å². The third kappa shape index (κ3) is 1.40. The molecular formula is C8H10. The standard InChI is InChI=1S/C8H10/c1-8-6-4-2-3-5-7-8/h2,4-6,8H,7H2,1H3. The Labute approximate surface area is 50.2 Å². The zero-order valence-corrected chi connectivity index (χ0v) is 5.09. The molecule has 0 aliphatic heterocycles. The van der Waals surface area contributed by atoms with Crippen LogP contribution in [0, 0.1) is 5.92 Å². The SMILES string of the molecule is CC1C=CC=C=CC1. The van der Waals surface area contributed by atoms with Crippen LogP contribution in [0.2, 0.25) is 0 Å². The van der Waals surface area contributed by atoms with Crippen LogP contribution in [0.5, 0.6) is 0 Å². The fraction of sp³-hybridized carbons (Fsp3) is 0.375. The second-order valence-corrected chi connectivity index (χ2v) is 2.14. The highest BCUT2D eigenvalue weighted by Crippen LogP contribution is 2.05. The van der Waals surface area contributed by atoms with Gasteiger partial charge in [0.15, 0.2) is 0 Å². The Bertz CT molecular complexity index is 145. The van der Waals surface area contributed by atoms with E-state index in [9.17, 15) is 0 Å². The molecule has 8 heavy (non-hydrogen) atoms. The fourth-order valence-corrected chi connectivity index (χ4v) is 0.701. The molecule has 0 spiro atoms. The highest BCUT2D eigenvalue weighted by Gasteiger charge is 1.91. The van der Waals surface area contributed by atoms with Gasteiger partial charge in [0.2, 0.25) is 0 Å². The lowest BCUT2D eigenvalue weighted by molar-refractivity contribution is 0.747. The minimum atomic E-state index is 0.696. The van der Waals surface area contributed by atoms with Crippen molar-refractivity contribution in [1.82, 2.24) is 0 Å². The summed E-state index contributed by atoms with van der Waals surface area (Å²) in [4.78, 5) is 0. The van der Waals surface area contributed by atoms with Crippen LogP contribution in [-0.2, 0) is 0 Å². The molecule has 0 fully saturated rings. The van der Waals surface area contributed by atoms with Crippen LogP contribution in [0.25, 0.3) is 0 Å². The van der Waals surface area contributed by atoms with Crippen LogP contribution in [0.3, 0.4) is 0 Å². The maximum Gasteiger partial charge on any atom is -0.0206 e. The number of hydrogen-bond acceptors (Lipinski definition) is 0. The Hall–Kier alpha value is -0.740. The number of allylic oxidation sites excluding steroid dienone is 3. The summed E-state index contributed by atoms with van der Waals surface area (Å²) in [5.74, 6) is 0.696. The molecule has 0 nitrogen and oxygen atoms in total. The molecule has 1 atom stereocenters. The first-order valence-corrected chi connectivity index (χ1v) is 2.97. The normalized spacial score (nSPS) is 25.9. The second kappa shape index (κ2) is 2.54. The molecule has 0 heterocycles. The van der Waals surface area contributed by atoms with E-state index in [1.165, 1.54) is 0 Å². The summed E-state index contributed by atoms with van der Waals surface area (Å²) in [7, 11) is 0. The van der Waals surface area contributed by atoms with Gasteiger partial charge in [-0.25, -0.2) is 0 Å². The van der Waals surface area contributed by atoms with E-state index in [1.807, 2.05) is 12.2 Å². The lowest BCUT2D eigenvalue weighted by Crippen LogP contribution is -1.82. The van der Waals surface area contributed by atoms with Crippen molar-refractivity contribution in [1.29, 1.82) is 0 Å². The van der Waals surface area contributed by atoms with Gasteiger partial charge in [0.25, 0.3) is 0 Å². The third-order valence-corrected chi connectivity index (χ3v) is 1.24. The Morgan fingerprint density at radius 2 is 2.50 bits per heavy atom. The molecule has 0 aromatic heterocycles. The van der Waals surface area contributed by atoms with Gasteiger partial charge in [-0.1, -0.05) is 19.1 Å². The van der Waals surface area contributed by atoms with Gasteiger partial charge in [0.05, 0.1) is 0 Å². The van der Waals surface area contributed by atoms with E-state index < -0.39 is 0 Å². The van der Waals surface area contributed by atoms with Gasteiger partial charge in [-0.3, -0.25) is 0 Å². The minimum absolute atomic E-state index is 0.696. The first kappa shape index (κ1) is 5.40. The van der Waals surface area contributed by atoms with Gasteiger partial charge in [-0.05, 0) is 24.5 Å². The summed E-state index contributed by atoms with van der Waals surface area (Å²) in [6.07, 6.45) is 9.39. The molecule has 1 aliphatic carbocycles. The summed E-state index contributed by atoms with van der Waals surface area (Å²) in [6.45, 7) is 2.20. The molecule has 0 saturated carbocycles. The lowest BCUT2D eigenvalue weighted by Gasteiger charge is -1.95. The van der Waals surface area contributed by atoms with Crippen molar-refractivity contribution in [3.63, 3.8) is 0 Å². The van der Waals surface area contributed by atoms with E-state index >= 15 is 0 Å². The fourth-order valence-electron chi connectivity index (χ4n) is 0.701. The maximum atomic E-state index is 3.04. The van der Waals surface area contributed by atoms with E-state index in [-0.39, 0.29) is 0 Å². The average Bonchev–Trinajstić information content (AvgIpc) is 1.94. The van der Waals surface area contributed by atoms with Crippen molar-refractivity contribution < 1.29 is 0 Å². The summed E-state index contributed by atoms with van der Waals surface area (Å²) < 4.78 is 0. The quantitative estimate of drug-likeness (QED) is 0.416. The maximum absolute atomic E-state index is 3.04. The topological polar surface area (TPSA) is 0 Å². The summed E-state index contributed by atoms with van der Waals surface area (Å²) in [5.41, 5.74) is 3.04. The summed E-state index contributed by atoms with van der Waals surface area (Å²) >= 11 is 0. The van der Waals surface area contributed by atoms with E-state index in [1.54, 1.807) is 0 Å². The van der Waals surface area contributed by atoms with Crippen LogP contribution < -0.4 is 0 Å². The molecule has 1 unspecified atom stereocenters. The molecule has 0 saturated heterocycles. The predicted octanol–water partition coefficient (Wildman–Crippen LogP) is 2.29. The van der Waals surface area contributed by atoms with Gasteiger partial charge in [0, 0.05) is 0 Å². The summed E-state index contributed by atoms with van der Waals surface area (Å²) in [5, 5.41) is 0. The molecule has 1 rings (SSSR count). The van der Waals surface area contributed by atoms with Crippen molar-refractivity contribution in [2.24, 2.45) is 5.92 Å². The second-order valence-electron chi connectivity index (χ2n) is 2.14. The molecule has 1 aliphatic rings. The van der Waals surface area contributed by atoms with Crippen LogP contribution in [0.4, 0.5) is 0 Å². The molecule has 0 aromatic carbocycles. The molecule has 0 N–H and O–H groups in total. The van der Waals surface area contributed by atoms with Crippen molar-refractivity contribution in [2.75, 3.05) is 0 Å². The lowest BCUT2D eigenvalue weighted by atomic mass is 10.1. The van der Waals surface area contributed by atoms with Gasteiger partial charge >= 0.3 is 0 Å². The molecule has 42 valence electrons. The zero-order chi connectivity index (χ0) is 5.82. The Morgan fingerprint density at radius 3 is 3.38 bits per heavy atom. The highest BCUT2D eigenvalue weighted by atomic mass is 14.0. The van der Waals surface area contributed by atoms with Crippen molar-refractivity contribution >= 4 is 0 Å². The average molecular weight is 106 g/mol. The molecule has 0 heteroatoms. The van der Waals surface area contributed by atoms with Crippen LogP contribution >= 0.6 is 0 Å². The van der Waals surface area contributed by atoms with Gasteiger partial charge in [0.1, 0.15) is 0 Å². The third-order valence-electron chi connectivity index (χ3n) is 1.24. The molecule has 0 radical (unpaired) electrons. The Balaban J connectivity index is 2.66. The minimum Gasteiger partial charge on any atom is -0.125 e. The summed E-state index contributed by atoms with van der Waals surface area (Å²) in [6, 6.07) is 0. The number of rotatable bonds is 0. The van der Waals surface area contributed by atoms with Crippen molar-refractivity contribution in [3.8, 4) is 0 Å². The number of hydrogen-bond donors (Lipinski definition) is 0. The van der Waals surface area contributed by atoms with Crippen LogP contribution in [-0.4, -0.2) is 0 Å². The van der Waals surface area contributed by atoms with E-state index in [0.717, 1.165) is 6.42 Å². The van der Waals surface area contributed by atoms with E-state index in [0.29, 0.717) is 5.92 Å². The van der Waals surface area contributed by atoms with E-state index in [4.69, 9.17) is 0 Å². The Morgan fingerprint density at radius 1 is 1.62 bits per heavy atom. The van der Waals surface area contributed by atoms with Crippen molar-refractivity contribution in [3.05, 3.63) is 30.0 Å². The zero-order valence-electron chi connectivity index (χ0n) is 5.09. The van der Waals surface area contributed by atoms with Gasteiger partial charge in [-0.2, -0.15) is 0 Å². The largest absolute Gasteiger partial charge is 0.125 e. The molecule has 0 aromatic rings. The van der Waals surface area contributed by atoms with Crippen LogP contribution in [0.1, 0.15) is 13.3 Å². The predicted molar refractivity (Wildman–Crippen MR) is 35.6 cm³/mol. The smallest absolute Gasteiger partial charge is 0.0206 e. The molecule has 0 bridgehead atoms. The molecular weight excluding hydrogens is 96.1 g/mol. The van der Waals surface area contributed by atoms with Crippen LogP contribution in [0.15, 0.2) is 30.0 Å². The van der Waals surface area contributed by atoms with E-state index in [2.05, 4.69) is 24.8 Å². The molecule has 0 amide bonds. The monoisotopic (exact) mass is 106 g/mol. The van der Waals surface area contributed by atoms with Gasteiger partial charge in [-0.15, -0.1) is 5.73 Å². The van der Waals surface area contributed by atoms with Gasteiger partial charge < -0.3 is 0 Å². The highest BCUT2D eigenvalue weighted by molar-refractivity contribution is 5.07. The first-order valence-electron chi connectivity index (χ1n) is 2.97. The Kier molecular flexibility index (Phi) is 1.71. The first-order chi connectivity index (χ1) is 3.89.